The van der Waals surface area contributed by atoms with Crippen molar-refractivity contribution in [1.29, 1.82) is 0 Å². The van der Waals surface area contributed by atoms with Crippen LogP contribution in [0.5, 0.6) is 5.75 Å². The van der Waals surface area contributed by atoms with Gasteiger partial charge in [-0.3, -0.25) is 4.79 Å². The van der Waals surface area contributed by atoms with Gasteiger partial charge in [-0.25, -0.2) is 9.97 Å². The SMILES string of the molecule is COc1ccc(NC(=O)c2cc(C)ncn2)cc1Cl. The number of methoxy groups -OCH3 is 1. The van der Waals surface area contributed by atoms with Crippen LogP contribution in [0, 0.1) is 6.92 Å². The van der Waals surface area contributed by atoms with Gasteiger partial charge in [0.15, 0.2) is 0 Å². The largest absolute Gasteiger partial charge is 0.495 e. The van der Waals surface area contributed by atoms with Crippen LogP contribution in [0.25, 0.3) is 0 Å². The molecule has 0 bridgehead atoms. The van der Waals surface area contributed by atoms with Crippen LogP contribution < -0.4 is 10.1 Å². The Morgan fingerprint density at radius 2 is 2.11 bits per heavy atom. The fourth-order valence-electron chi connectivity index (χ4n) is 1.52. The summed E-state index contributed by atoms with van der Waals surface area (Å²) in [5, 5.41) is 3.14. The number of aromatic nitrogens is 2. The van der Waals surface area contributed by atoms with E-state index in [9.17, 15) is 4.79 Å². The van der Waals surface area contributed by atoms with Gasteiger partial charge < -0.3 is 10.1 Å². The maximum absolute atomic E-state index is 12.0. The smallest absolute Gasteiger partial charge is 0.274 e. The molecule has 0 aliphatic rings. The first-order valence-corrected chi connectivity index (χ1v) is 5.91. The molecule has 0 aliphatic carbocycles. The Bertz CT molecular complexity index is 617. The standard InChI is InChI=1S/C13H12ClN3O2/c1-8-5-11(16-7-15-8)13(18)17-9-3-4-12(19-2)10(14)6-9/h3-7H,1-2H3,(H,17,18). The van der Waals surface area contributed by atoms with Crippen molar-refractivity contribution in [2.75, 3.05) is 12.4 Å². The van der Waals surface area contributed by atoms with E-state index in [2.05, 4.69) is 15.3 Å². The summed E-state index contributed by atoms with van der Waals surface area (Å²) >= 11 is 5.98. The Kier molecular flexibility index (Phi) is 3.97. The Hall–Kier alpha value is -2.14. The third-order valence-electron chi connectivity index (χ3n) is 2.45. The summed E-state index contributed by atoms with van der Waals surface area (Å²) in [7, 11) is 1.53. The average Bonchev–Trinajstić information content (AvgIpc) is 2.39. The van der Waals surface area contributed by atoms with Crippen molar-refractivity contribution in [3.63, 3.8) is 0 Å². The molecule has 6 heteroatoms. The predicted molar refractivity (Wildman–Crippen MR) is 72.7 cm³/mol. The van der Waals surface area contributed by atoms with E-state index in [1.54, 1.807) is 31.2 Å². The first-order chi connectivity index (χ1) is 9.10. The first-order valence-electron chi connectivity index (χ1n) is 5.53. The molecule has 0 aliphatic heterocycles. The lowest BCUT2D eigenvalue weighted by molar-refractivity contribution is 0.102. The molecule has 1 aromatic heterocycles. The van der Waals surface area contributed by atoms with E-state index < -0.39 is 0 Å². The van der Waals surface area contributed by atoms with Crippen LogP contribution in [0.2, 0.25) is 5.02 Å². The monoisotopic (exact) mass is 277 g/mol. The van der Waals surface area contributed by atoms with Crippen LogP contribution in [0.1, 0.15) is 16.2 Å². The van der Waals surface area contributed by atoms with E-state index in [1.807, 2.05) is 0 Å². The molecule has 98 valence electrons. The second-order valence-corrected chi connectivity index (χ2v) is 4.26. The topological polar surface area (TPSA) is 64.1 Å². The molecule has 0 spiro atoms. The van der Waals surface area contributed by atoms with Gasteiger partial charge in [-0.05, 0) is 31.2 Å². The lowest BCUT2D eigenvalue weighted by atomic mass is 10.2. The highest BCUT2D eigenvalue weighted by Crippen LogP contribution is 2.27. The van der Waals surface area contributed by atoms with Gasteiger partial charge >= 0.3 is 0 Å². The molecule has 1 heterocycles. The zero-order valence-electron chi connectivity index (χ0n) is 10.5. The highest BCUT2D eigenvalue weighted by Gasteiger charge is 2.09. The predicted octanol–water partition coefficient (Wildman–Crippen LogP) is 2.70. The summed E-state index contributed by atoms with van der Waals surface area (Å²) in [6.45, 7) is 1.79. The number of benzene rings is 1. The molecule has 2 rings (SSSR count). The maximum atomic E-state index is 12.0. The van der Waals surface area contributed by atoms with Gasteiger partial charge in [0.25, 0.3) is 5.91 Å². The third kappa shape index (κ3) is 3.20. The molecule has 0 saturated carbocycles. The fourth-order valence-corrected chi connectivity index (χ4v) is 1.78. The quantitative estimate of drug-likeness (QED) is 0.937. The van der Waals surface area contributed by atoms with Crippen LogP contribution in [0.15, 0.2) is 30.6 Å². The first kappa shape index (κ1) is 13.3. The number of hydrogen-bond donors (Lipinski definition) is 1. The van der Waals surface area contributed by atoms with Crippen LogP contribution >= 0.6 is 11.6 Å². The van der Waals surface area contributed by atoms with Crippen molar-refractivity contribution >= 4 is 23.2 Å². The number of halogens is 1. The minimum Gasteiger partial charge on any atom is -0.495 e. The van der Waals surface area contributed by atoms with Crippen molar-refractivity contribution < 1.29 is 9.53 Å². The molecule has 0 radical (unpaired) electrons. The summed E-state index contributed by atoms with van der Waals surface area (Å²) < 4.78 is 5.04. The third-order valence-corrected chi connectivity index (χ3v) is 2.74. The van der Waals surface area contributed by atoms with Crippen molar-refractivity contribution in [1.82, 2.24) is 9.97 Å². The van der Waals surface area contributed by atoms with Gasteiger partial charge in [0.05, 0.1) is 12.1 Å². The maximum Gasteiger partial charge on any atom is 0.274 e. The van der Waals surface area contributed by atoms with Crippen LogP contribution in [0.4, 0.5) is 5.69 Å². The minimum atomic E-state index is -0.313. The summed E-state index contributed by atoms with van der Waals surface area (Å²) in [6.07, 6.45) is 1.35. The molecule has 0 unspecified atom stereocenters. The zero-order valence-corrected chi connectivity index (χ0v) is 11.2. The van der Waals surface area contributed by atoms with Crippen LogP contribution in [-0.4, -0.2) is 23.0 Å². The van der Waals surface area contributed by atoms with E-state index in [0.29, 0.717) is 22.2 Å². The summed E-state index contributed by atoms with van der Waals surface area (Å²) in [5.41, 5.74) is 1.61. The zero-order chi connectivity index (χ0) is 13.8. The number of amides is 1. The lowest BCUT2D eigenvalue weighted by Crippen LogP contribution is -2.14. The molecule has 0 saturated heterocycles. The van der Waals surface area contributed by atoms with Crippen molar-refractivity contribution in [2.45, 2.75) is 6.92 Å². The van der Waals surface area contributed by atoms with Crippen LogP contribution in [-0.2, 0) is 0 Å². The molecule has 2 aromatic rings. The van der Waals surface area contributed by atoms with Crippen LogP contribution in [0.3, 0.4) is 0 Å². The molecular formula is C13H12ClN3O2. The number of nitrogens with one attached hydrogen (secondary N) is 1. The number of hydrogen-bond acceptors (Lipinski definition) is 4. The second-order valence-electron chi connectivity index (χ2n) is 3.85. The number of carbonyl (C=O) groups excluding carboxylic acids is 1. The van der Waals surface area contributed by atoms with Gasteiger partial charge in [0, 0.05) is 11.4 Å². The molecule has 1 aromatic carbocycles. The Balaban J connectivity index is 2.17. The van der Waals surface area contributed by atoms with E-state index in [0.717, 1.165) is 5.69 Å². The number of nitrogens with zero attached hydrogens (tertiary/aromatic N) is 2. The van der Waals surface area contributed by atoms with Gasteiger partial charge in [0.2, 0.25) is 0 Å². The van der Waals surface area contributed by atoms with Gasteiger partial charge in [-0.1, -0.05) is 11.6 Å². The second kappa shape index (κ2) is 5.67. The normalized spacial score (nSPS) is 10.1. The highest BCUT2D eigenvalue weighted by molar-refractivity contribution is 6.32. The summed E-state index contributed by atoms with van der Waals surface area (Å²) in [6, 6.07) is 6.62. The average molecular weight is 278 g/mol. The molecule has 1 amide bonds. The fraction of sp³-hybridized carbons (Fsp3) is 0.154. The van der Waals surface area contributed by atoms with E-state index in [-0.39, 0.29) is 5.91 Å². The Morgan fingerprint density at radius 3 is 2.74 bits per heavy atom. The number of aryl methyl sites for hydroxylation is 1. The van der Waals surface area contributed by atoms with Crippen molar-refractivity contribution in [2.24, 2.45) is 0 Å². The number of rotatable bonds is 3. The summed E-state index contributed by atoms with van der Waals surface area (Å²) in [4.78, 5) is 19.8. The minimum absolute atomic E-state index is 0.305. The van der Waals surface area contributed by atoms with Gasteiger partial charge in [-0.2, -0.15) is 0 Å². The van der Waals surface area contributed by atoms with E-state index in [1.165, 1.54) is 13.4 Å². The van der Waals surface area contributed by atoms with Gasteiger partial charge in [-0.15, -0.1) is 0 Å². The molecule has 0 atom stereocenters. The molecule has 5 nitrogen and oxygen atoms in total. The number of carbonyl (C=O) groups is 1. The van der Waals surface area contributed by atoms with E-state index >= 15 is 0 Å². The number of ether oxygens (including phenoxy) is 1. The molecule has 0 fully saturated rings. The molecular weight excluding hydrogens is 266 g/mol. The molecule has 19 heavy (non-hydrogen) atoms. The number of anilines is 1. The van der Waals surface area contributed by atoms with Crippen molar-refractivity contribution in [3.8, 4) is 5.75 Å². The Morgan fingerprint density at radius 1 is 1.32 bits per heavy atom. The van der Waals surface area contributed by atoms with Crippen molar-refractivity contribution in [3.05, 3.63) is 47.0 Å². The summed E-state index contributed by atoms with van der Waals surface area (Å²) in [5.74, 6) is 0.240. The molecule has 1 N–H and O–H groups in total. The highest BCUT2D eigenvalue weighted by atomic mass is 35.5. The van der Waals surface area contributed by atoms with Gasteiger partial charge in [0.1, 0.15) is 17.8 Å². The Labute approximate surface area is 115 Å². The van der Waals surface area contributed by atoms with E-state index in [4.69, 9.17) is 16.3 Å². The lowest BCUT2D eigenvalue weighted by Gasteiger charge is -2.07.